The smallest absolute Gasteiger partial charge is 0.274 e. The molecule has 0 saturated carbocycles. The molecule has 1 aromatic carbocycles. The highest BCUT2D eigenvalue weighted by Crippen LogP contribution is 2.13. The molecule has 0 unspecified atom stereocenters. The first-order valence-electron chi connectivity index (χ1n) is 5.77. The summed E-state index contributed by atoms with van der Waals surface area (Å²) in [6, 6.07) is 12.9. The first-order chi connectivity index (χ1) is 9.33. The second-order valence-electron chi connectivity index (χ2n) is 3.97. The standard InChI is InChI=1S/C14H10N4O/c19-14(17-11-7-8-15-16-9-11)13-6-5-10-3-1-2-4-12(10)18-13/h1-9H,(H,15,17,19). The number of carbonyl (C=O) groups excluding carboxylic acids is 1. The molecule has 0 atom stereocenters. The van der Waals surface area contributed by atoms with Crippen molar-refractivity contribution in [1.82, 2.24) is 15.2 Å². The van der Waals surface area contributed by atoms with Crippen molar-refractivity contribution in [3.05, 3.63) is 60.6 Å². The van der Waals surface area contributed by atoms with Gasteiger partial charge in [0.05, 0.1) is 23.6 Å². The first-order valence-corrected chi connectivity index (χ1v) is 5.77. The molecule has 19 heavy (non-hydrogen) atoms. The third-order valence-corrected chi connectivity index (χ3v) is 2.67. The Labute approximate surface area is 109 Å². The van der Waals surface area contributed by atoms with Crippen LogP contribution in [0.1, 0.15) is 10.5 Å². The summed E-state index contributed by atoms with van der Waals surface area (Å²) in [5.41, 5.74) is 1.76. The lowest BCUT2D eigenvalue weighted by Gasteiger charge is -2.04. The number of rotatable bonds is 2. The molecule has 1 amide bonds. The molecule has 0 spiro atoms. The molecular weight excluding hydrogens is 240 g/mol. The molecule has 3 rings (SSSR count). The van der Waals surface area contributed by atoms with Gasteiger partial charge in [0, 0.05) is 5.39 Å². The number of nitrogens with zero attached hydrogens (tertiary/aromatic N) is 3. The van der Waals surface area contributed by atoms with E-state index in [1.165, 1.54) is 12.4 Å². The Bertz CT molecular complexity index is 728. The van der Waals surface area contributed by atoms with E-state index in [-0.39, 0.29) is 5.91 Å². The number of para-hydroxylation sites is 1. The maximum atomic E-state index is 12.0. The van der Waals surface area contributed by atoms with Crippen LogP contribution < -0.4 is 5.32 Å². The number of carbonyl (C=O) groups is 1. The van der Waals surface area contributed by atoms with Gasteiger partial charge >= 0.3 is 0 Å². The van der Waals surface area contributed by atoms with Crippen molar-refractivity contribution in [3.8, 4) is 0 Å². The summed E-state index contributed by atoms with van der Waals surface area (Å²) < 4.78 is 0. The summed E-state index contributed by atoms with van der Waals surface area (Å²) in [6.07, 6.45) is 3.00. The Kier molecular flexibility index (Phi) is 2.86. The third kappa shape index (κ3) is 2.40. The number of pyridine rings is 1. The second-order valence-corrected chi connectivity index (χ2v) is 3.97. The summed E-state index contributed by atoms with van der Waals surface area (Å²) in [4.78, 5) is 16.4. The molecule has 5 heteroatoms. The minimum atomic E-state index is -0.265. The number of benzene rings is 1. The molecule has 2 heterocycles. The van der Waals surface area contributed by atoms with Gasteiger partial charge in [-0.25, -0.2) is 4.98 Å². The van der Waals surface area contributed by atoms with Crippen LogP contribution in [0, 0.1) is 0 Å². The van der Waals surface area contributed by atoms with Crippen molar-refractivity contribution >= 4 is 22.5 Å². The zero-order chi connectivity index (χ0) is 13.1. The molecule has 2 aromatic heterocycles. The summed E-state index contributed by atoms with van der Waals surface area (Å²) in [7, 11) is 0. The third-order valence-electron chi connectivity index (χ3n) is 2.67. The van der Waals surface area contributed by atoms with Gasteiger partial charge in [0.2, 0.25) is 0 Å². The average molecular weight is 250 g/mol. The quantitative estimate of drug-likeness (QED) is 0.757. The number of amides is 1. The second kappa shape index (κ2) is 4.81. The van der Waals surface area contributed by atoms with E-state index in [1.54, 1.807) is 12.1 Å². The van der Waals surface area contributed by atoms with Crippen LogP contribution in [-0.2, 0) is 0 Å². The topological polar surface area (TPSA) is 67.8 Å². The van der Waals surface area contributed by atoms with E-state index in [2.05, 4.69) is 20.5 Å². The fourth-order valence-electron chi connectivity index (χ4n) is 1.75. The Morgan fingerprint density at radius 2 is 1.89 bits per heavy atom. The fraction of sp³-hybridized carbons (Fsp3) is 0. The molecule has 0 aliphatic heterocycles. The van der Waals surface area contributed by atoms with E-state index < -0.39 is 0 Å². The zero-order valence-electron chi connectivity index (χ0n) is 9.95. The molecule has 92 valence electrons. The van der Waals surface area contributed by atoms with Crippen molar-refractivity contribution in [3.63, 3.8) is 0 Å². The lowest BCUT2D eigenvalue weighted by atomic mass is 10.2. The van der Waals surface area contributed by atoms with Gasteiger partial charge in [0.1, 0.15) is 5.69 Å². The molecule has 0 saturated heterocycles. The van der Waals surface area contributed by atoms with Crippen LogP contribution in [0.15, 0.2) is 54.9 Å². The number of aromatic nitrogens is 3. The summed E-state index contributed by atoms with van der Waals surface area (Å²) >= 11 is 0. The zero-order valence-corrected chi connectivity index (χ0v) is 9.95. The molecule has 5 nitrogen and oxygen atoms in total. The van der Waals surface area contributed by atoms with Crippen LogP contribution in [0.5, 0.6) is 0 Å². The Morgan fingerprint density at radius 3 is 2.74 bits per heavy atom. The summed E-state index contributed by atoms with van der Waals surface area (Å²) in [5, 5.41) is 11.1. The molecule has 0 aliphatic carbocycles. The number of nitrogens with one attached hydrogen (secondary N) is 1. The van der Waals surface area contributed by atoms with E-state index >= 15 is 0 Å². The maximum absolute atomic E-state index is 12.0. The van der Waals surface area contributed by atoms with Crippen LogP contribution in [0.25, 0.3) is 10.9 Å². The van der Waals surface area contributed by atoms with Gasteiger partial charge in [-0.05, 0) is 18.2 Å². The average Bonchev–Trinajstić information content (AvgIpc) is 2.48. The van der Waals surface area contributed by atoms with Crippen LogP contribution in [0.2, 0.25) is 0 Å². The number of anilines is 1. The highest BCUT2D eigenvalue weighted by Gasteiger charge is 2.08. The molecular formula is C14H10N4O. The van der Waals surface area contributed by atoms with Crippen molar-refractivity contribution in [2.75, 3.05) is 5.32 Å². The van der Waals surface area contributed by atoms with Gasteiger partial charge in [0.15, 0.2) is 0 Å². The predicted octanol–water partition coefficient (Wildman–Crippen LogP) is 2.28. The monoisotopic (exact) mass is 250 g/mol. The van der Waals surface area contributed by atoms with E-state index in [4.69, 9.17) is 0 Å². The highest BCUT2D eigenvalue weighted by atomic mass is 16.1. The molecule has 0 bridgehead atoms. The fourth-order valence-corrected chi connectivity index (χ4v) is 1.75. The molecule has 0 aliphatic rings. The summed E-state index contributed by atoms with van der Waals surface area (Å²) in [5.74, 6) is -0.265. The Morgan fingerprint density at radius 1 is 1.00 bits per heavy atom. The largest absolute Gasteiger partial charge is 0.319 e. The lowest BCUT2D eigenvalue weighted by molar-refractivity contribution is 0.102. The minimum Gasteiger partial charge on any atom is -0.319 e. The minimum absolute atomic E-state index is 0.265. The van der Waals surface area contributed by atoms with Crippen molar-refractivity contribution < 1.29 is 4.79 Å². The van der Waals surface area contributed by atoms with Gasteiger partial charge in [-0.2, -0.15) is 10.2 Å². The van der Waals surface area contributed by atoms with Gasteiger partial charge in [-0.1, -0.05) is 24.3 Å². The Balaban J connectivity index is 1.89. The molecule has 0 radical (unpaired) electrons. The lowest BCUT2D eigenvalue weighted by Crippen LogP contribution is -2.13. The van der Waals surface area contributed by atoms with Gasteiger partial charge in [-0.15, -0.1) is 0 Å². The molecule has 1 N–H and O–H groups in total. The SMILES string of the molecule is O=C(Nc1ccnnc1)c1ccc2ccccc2n1. The van der Waals surface area contributed by atoms with Crippen molar-refractivity contribution in [1.29, 1.82) is 0 Å². The maximum Gasteiger partial charge on any atom is 0.274 e. The van der Waals surface area contributed by atoms with Crippen molar-refractivity contribution in [2.45, 2.75) is 0 Å². The number of hydrogen-bond acceptors (Lipinski definition) is 4. The van der Waals surface area contributed by atoms with Gasteiger partial charge in [0.25, 0.3) is 5.91 Å². The van der Waals surface area contributed by atoms with Crippen LogP contribution in [-0.4, -0.2) is 21.1 Å². The van der Waals surface area contributed by atoms with Gasteiger partial charge < -0.3 is 5.32 Å². The number of fused-ring (bicyclic) bond motifs is 1. The van der Waals surface area contributed by atoms with Crippen LogP contribution in [0.3, 0.4) is 0 Å². The van der Waals surface area contributed by atoms with E-state index in [9.17, 15) is 4.79 Å². The van der Waals surface area contributed by atoms with E-state index in [1.807, 2.05) is 30.3 Å². The first kappa shape index (κ1) is 11.3. The highest BCUT2D eigenvalue weighted by molar-refractivity contribution is 6.03. The molecule has 0 fully saturated rings. The molecule has 3 aromatic rings. The van der Waals surface area contributed by atoms with Gasteiger partial charge in [-0.3, -0.25) is 4.79 Å². The summed E-state index contributed by atoms with van der Waals surface area (Å²) in [6.45, 7) is 0. The predicted molar refractivity (Wildman–Crippen MR) is 71.7 cm³/mol. The van der Waals surface area contributed by atoms with E-state index in [0.29, 0.717) is 11.4 Å². The van der Waals surface area contributed by atoms with Crippen LogP contribution >= 0.6 is 0 Å². The normalized spacial score (nSPS) is 10.3. The van der Waals surface area contributed by atoms with Crippen LogP contribution in [0.4, 0.5) is 5.69 Å². The Hall–Kier alpha value is -2.82. The number of hydrogen-bond donors (Lipinski definition) is 1. The van der Waals surface area contributed by atoms with E-state index in [0.717, 1.165) is 10.9 Å². The van der Waals surface area contributed by atoms with Crippen molar-refractivity contribution in [2.24, 2.45) is 0 Å².